The third kappa shape index (κ3) is 3.46. The van der Waals surface area contributed by atoms with Gasteiger partial charge < -0.3 is 4.74 Å². The summed E-state index contributed by atoms with van der Waals surface area (Å²) in [6.07, 6.45) is 1.50. The molecule has 1 aliphatic heterocycles. The molecule has 0 aliphatic carbocycles. The number of esters is 1. The molecule has 1 N–H and O–H groups in total. The number of carbonyl (C=O) groups is 4. The molecule has 0 bridgehead atoms. The number of thiazole rings is 1. The number of imide groups is 1. The molecule has 1 aromatic heterocycles. The summed E-state index contributed by atoms with van der Waals surface area (Å²) in [5, 5.41) is 2.92. The first kappa shape index (κ1) is 19.5. The molecule has 3 amide bonds. The number of nitrogens with one attached hydrogen (secondary N) is 1. The molecule has 9 heteroatoms. The monoisotopic (exact) mass is 421 g/mol. The van der Waals surface area contributed by atoms with Gasteiger partial charge in [-0.15, -0.1) is 0 Å². The zero-order valence-electron chi connectivity index (χ0n) is 15.7. The number of amides is 3. The lowest BCUT2D eigenvalue weighted by Crippen LogP contribution is -2.28. The SMILES string of the molecule is COC(=O)c1ccccc1C(=O)Nc1ncc(CN2C(=O)c3ccccc3C2=O)s1. The Balaban J connectivity index is 1.48. The molecule has 1 aliphatic rings. The number of anilines is 1. The lowest BCUT2D eigenvalue weighted by atomic mass is 10.1. The van der Waals surface area contributed by atoms with E-state index in [0.29, 0.717) is 16.0 Å². The van der Waals surface area contributed by atoms with Crippen LogP contribution >= 0.6 is 11.3 Å². The fraction of sp³-hybridized carbons (Fsp3) is 0.0952. The summed E-state index contributed by atoms with van der Waals surface area (Å²) >= 11 is 1.14. The first-order valence-electron chi connectivity index (χ1n) is 8.88. The summed E-state index contributed by atoms with van der Waals surface area (Å²) in [7, 11) is 1.24. The number of ether oxygens (including phenoxy) is 1. The van der Waals surface area contributed by atoms with E-state index in [4.69, 9.17) is 4.74 Å². The Labute approximate surface area is 175 Å². The van der Waals surface area contributed by atoms with E-state index >= 15 is 0 Å². The summed E-state index contributed by atoms with van der Waals surface area (Å²) < 4.78 is 4.70. The topological polar surface area (TPSA) is 106 Å². The van der Waals surface area contributed by atoms with E-state index in [1.807, 2.05) is 0 Å². The maximum atomic E-state index is 12.6. The Morgan fingerprint density at radius 2 is 1.60 bits per heavy atom. The first-order valence-corrected chi connectivity index (χ1v) is 9.70. The number of carbonyl (C=O) groups excluding carboxylic acids is 4. The van der Waals surface area contributed by atoms with Crippen LogP contribution < -0.4 is 5.32 Å². The summed E-state index contributed by atoms with van der Waals surface area (Å²) in [6, 6.07) is 12.9. The molecule has 0 saturated heterocycles. The van der Waals surface area contributed by atoms with Crippen molar-refractivity contribution in [3.05, 3.63) is 81.9 Å². The highest BCUT2D eigenvalue weighted by molar-refractivity contribution is 7.15. The highest BCUT2D eigenvalue weighted by atomic mass is 32.1. The highest BCUT2D eigenvalue weighted by Gasteiger charge is 2.35. The van der Waals surface area contributed by atoms with Crippen molar-refractivity contribution in [2.24, 2.45) is 0 Å². The summed E-state index contributed by atoms with van der Waals surface area (Å²) in [5.41, 5.74) is 1.04. The van der Waals surface area contributed by atoms with Crippen LogP contribution in [0.5, 0.6) is 0 Å². The molecule has 0 radical (unpaired) electrons. The zero-order chi connectivity index (χ0) is 21.3. The van der Waals surface area contributed by atoms with Crippen molar-refractivity contribution in [2.45, 2.75) is 6.54 Å². The number of fused-ring (bicyclic) bond motifs is 1. The Morgan fingerprint density at radius 1 is 1.00 bits per heavy atom. The van der Waals surface area contributed by atoms with E-state index < -0.39 is 11.9 Å². The third-order valence-electron chi connectivity index (χ3n) is 4.54. The minimum Gasteiger partial charge on any atom is -0.465 e. The molecule has 2 heterocycles. The number of methoxy groups -OCH3 is 1. The standard InChI is InChI=1S/C21H15N3O5S/c1-29-20(28)16-9-5-2-6-13(16)17(25)23-21-22-10-12(30-21)11-24-18(26)14-7-3-4-8-15(14)19(24)27/h2-10H,11H2,1H3,(H,22,23,25). The number of rotatable bonds is 5. The van der Waals surface area contributed by atoms with E-state index in [1.165, 1.54) is 25.4 Å². The van der Waals surface area contributed by atoms with Crippen LogP contribution in [0.1, 0.15) is 46.3 Å². The third-order valence-corrected chi connectivity index (χ3v) is 5.44. The van der Waals surface area contributed by atoms with Gasteiger partial charge in [-0.1, -0.05) is 35.6 Å². The van der Waals surface area contributed by atoms with Gasteiger partial charge in [0.15, 0.2) is 5.13 Å². The van der Waals surface area contributed by atoms with E-state index in [0.717, 1.165) is 16.2 Å². The Kier molecular flexibility index (Phi) is 5.11. The van der Waals surface area contributed by atoms with Crippen LogP contribution in [-0.4, -0.2) is 40.7 Å². The van der Waals surface area contributed by atoms with E-state index in [9.17, 15) is 19.2 Å². The van der Waals surface area contributed by atoms with Gasteiger partial charge in [0.1, 0.15) is 0 Å². The van der Waals surface area contributed by atoms with Crippen molar-refractivity contribution < 1.29 is 23.9 Å². The summed E-state index contributed by atoms with van der Waals surface area (Å²) in [4.78, 5) is 55.3. The zero-order valence-corrected chi connectivity index (χ0v) is 16.6. The number of aromatic nitrogens is 1. The lowest BCUT2D eigenvalue weighted by Gasteiger charge is -2.11. The van der Waals surface area contributed by atoms with Crippen molar-refractivity contribution in [1.29, 1.82) is 0 Å². The number of benzene rings is 2. The van der Waals surface area contributed by atoms with Gasteiger partial charge in [-0.2, -0.15) is 0 Å². The van der Waals surface area contributed by atoms with Crippen LogP contribution in [0.4, 0.5) is 5.13 Å². The molecule has 4 rings (SSSR count). The van der Waals surface area contributed by atoms with E-state index in [2.05, 4.69) is 10.3 Å². The van der Waals surface area contributed by atoms with Crippen LogP contribution in [0.2, 0.25) is 0 Å². The molecule has 150 valence electrons. The largest absolute Gasteiger partial charge is 0.465 e. The van der Waals surface area contributed by atoms with Gasteiger partial charge in [-0.05, 0) is 24.3 Å². The van der Waals surface area contributed by atoms with Gasteiger partial charge >= 0.3 is 5.97 Å². The average Bonchev–Trinajstić information content (AvgIpc) is 3.31. The minimum absolute atomic E-state index is 0.0542. The predicted molar refractivity (Wildman–Crippen MR) is 108 cm³/mol. The van der Waals surface area contributed by atoms with Gasteiger partial charge in [-0.25, -0.2) is 9.78 Å². The number of hydrogen-bond acceptors (Lipinski definition) is 7. The average molecular weight is 421 g/mol. The van der Waals surface area contributed by atoms with Gasteiger partial charge in [0.2, 0.25) is 0 Å². The second-order valence-electron chi connectivity index (χ2n) is 6.37. The Hall–Kier alpha value is -3.85. The van der Waals surface area contributed by atoms with Crippen LogP contribution in [0, 0.1) is 0 Å². The fourth-order valence-corrected chi connectivity index (χ4v) is 3.91. The smallest absolute Gasteiger partial charge is 0.338 e. The van der Waals surface area contributed by atoms with Crippen molar-refractivity contribution >= 4 is 40.2 Å². The van der Waals surface area contributed by atoms with Crippen molar-refractivity contribution in [3.63, 3.8) is 0 Å². The van der Waals surface area contributed by atoms with Crippen molar-refractivity contribution in [1.82, 2.24) is 9.88 Å². The van der Waals surface area contributed by atoms with Crippen molar-refractivity contribution in [3.8, 4) is 0 Å². The van der Waals surface area contributed by atoms with Gasteiger partial charge in [-0.3, -0.25) is 24.6 Å². The van der Waals surface area contributed by atoms with Crippen LogP contribution in [-0.2, 0) is 11.3 Å². The predicted octanol–water partition coefficient (Wildman–Crippen LogP) is 2.98. The van der Waals surface area contributed by atoms with Crippen LogP contribution in [0.25, 0.3) is 0 Å². The number of hydrogen-bond donors (Lipinski definition) is 1. The molecule has 0 atom stereocenters. The first-order chi connectivity index (χ1) is 14.5. The normalized spacial score (nSPS) is 12.6. The van der Waals surface area contributed by atoms with E-state index in [-0.39, 0.29) is 34.6 Å². The summed E-state index contributed by atoms with van der Waals surface area (Å²) in [5.74, 6) is -1.85. The molecule has 30 heavy (non-hydrogen) atoms. The quantitative estimate of drug-likeness (QED) is 0.502. The van der Waals surface area contributed by atoms with Crippen molar-refractivity contribution in [2.75, 3.05) is 12.4 Å². The Bertz CT molecular complexity index is 1150. The molecule has 0 saturated carbocycles. The maximum absolute atomic E-state index is 12.6. The lowest BCUT2D eigenvalue weighted by molar-refractivity contribution is 0.0595. The second kappa shape index (κ2) is 7.88. The van der Waals surface area contributed by atoms with Gasteiger partial charge in [0.25, 0.3) is 17.7 Å². The summed E-state index contributed by atoms with van der Waals surface area (Å²) in [6.45, 7) is 0.0542. The molecule has 0 fully saturated rings. The molecule has 3 aromatic rings. The van der Waals surface area contributed by atoms with Gasteiger partial charge in [0, 0.05) is 11.1 Å². The van der Waals surface area contributed by atoms with Crippen LogP contribution in [0.3, 0.4) is 0 Å². The molecule has 8 nitrogen and oxygen atoms in total. The second-order valence-corrected chi connectivity index (χ2v) is 7.48. The minimum atomic E-state index is -0.619. The molecule has 0 spiro atoms. The van der Waals surface area contributed by atoms with Crippen LogP contribution in [0.15, 0.2) is 54.7 Å². The van der Waals surface area contributed by atoms with E-state index in [1.54, 1.807) is 36.4 Å². The molecular weight excluding hydrogens is 406 g/mol. The number of nitrogens with zero attached hydrogens (tertiary/aromatic N) is 2. The maximum Gasteiger partial charge on any atom is 0.338 e. The molecular formula is C21H15N3O5S. The Morgan fingerprint density at radius 3 is 2.23 bits per heavy atom. The highest BCUT2D eigenvalue weighted by Crippen LogP contribution is 2.27. The molecule has 0 unspecified atom stereocenters. The fourth-order valence-electron chi connectivity index (χ4n) is 3.11. The molecule has 2 aromatic carbocycles. The van der Waals surface area contributed by atoms with Gasteiger partial charge in [0.05, 0.1) is 35.9 Å².